The highest BCUT2D eigenvalue weighted by atomic mass is 15.1. The smallest absolute Gasteiger partial charge is 0.108 e. The molecule has 4 aliphatic carbocycles. The van der Waals surface area contributed by atoms with Gasteiger partial charge in [0, 0.05) is 26.2 Å². The van der Waals surface area contributed by atoms with Gasteiger partial charge in [-0.05, 0) is 68.1 Å². The summed E-state index contributed by atoms with van der Waals surface area (Å²) in [4.78, 5) is 4.59. The summed E-state index contributed by atoms with van der Waals surface area (Å²) in [6.07, 6.45) is 13.6. The molecule has 4 bridgehead atoms. The van der Waals surface area contributed by atoms with Gasteiger partial charge in [0.1, 0.15) is 5.82 Å². The topological polar surface area (TPSA) is 43.8 Å². The van der Waals surface area contributed by atoms with Crippen molar-refractivity contribution in [3.8, 4) is 0 Å². The van der Waals surface area contributed by atoms with Crippen molar-refractivity contribution in [2.24, 2.45) is 36.0 Å². The van der Waals surface area contributed by atoms with E-state index in [9.17, 15) is 0 Å². The van der Waals surface area contributed by atoms with Crippen LogP contribution in [0.1, 0.15) is 56.5 Å². The maximum absolute atomic E-state index is 5.75. The molecule has 4 fully saturated rings. The first-order valence-corrected chi connectivity index (χ1v) is 8.37. The highest BCUT2D eigenvalue weighted by Crippen LogP contribution is 2.61. The number of nitrogens with zero attached hydrogens (tertiary/aromatic N) is 2. The van der Waals surface area contributed by atoms with Crippen LogP contribution in [-0.2, 0) is 20.0 Å². The largest absolute Gasteiger partial charge is 0.334 e. The predicted octanol–water partition coefficient (Wildman–Crippen LogP) is 3.03. The van der Waals surface area contributed by atoms with Gasteiger partial charge in [-0.15, -0.1) is 0 Å². The fourth-order valence-electron chi connectivity index (χ4n) is 5.88. The molecule has 1 heterocycles. The first kappa shape index (κ1) is 12.9. The van der Waals surface area contributed by atoms with Crippen molar-refractivity contribution in [2.45, 2.75) is 57.9 Å². The van der Waals surface area contributed by atoms with E-state index < -0.39 is 0 Å². The van der Waals surface area contributed by atoms with Crippen LogP contribution in [-0.4, -0.2) is 9.55 Å². The molecule has 1 aromatic heterocycles. The van der Waals surface area contributed by atoms with Crippen LogP contribution in [0.2, 0.25) is 0 Å². The Kier molecular flexibility index (Phi) is 2.95. The van der Waals surface area contributed by atoms with Crippen LogP contribution in [0.5, 0.6) is 0 Å². The first-order chi connectivity index (χ1) is 9.67. The number of aromatic nitrogens is 2. The van der Waals surface area contributed by atoms with E-state index in [1.54, 1.807) is 0 Å². The summed E-state index contributed by atoms with van der Waals surface area (Å²) >= 11 is 0. The molecule has 4 saturated carbocycles. The Bertz CT molecular complexity index is 467. The van der Waals surface area contributed by atoms with Gasteiger partial charge in [-0.1, -0.05) is 0 Å². The summed E-state index contributed by atoms with van der Waals surface area (Å²) in [5.74, 6) is 4.41. The van der Waals surface area contributed by atoms with E-state index in [-0.39, 0.29) is 0 Å². The Hall–Kier alpha value is -0.830. The molecule has 0 amide bonds. The van der Waals surface area contributed by atoms with Gasteiger partial charge in [-0.3, -0.25) is 0 Å². The molecule has 1 aromatic rings. The van der Waals surface area contributed by atoms with Crippen LogP contribution in [0.3, 0.4) is 0 Å². The summed E-state index contributed by atoms with van der Waals surface area (Å²) in [6.45, 7) is 0.598. The van der Waals surface area contributed by atoms with E-state index >= 15 is 0 Å². The predicted molar refractivity (Wildman–Crippen MR) is 80.0 cm³/mol. The Morgan fingerprint density at radius 1 is 1.20 bits per heavy atom. The monoisotopic (exact) mass is 273 g/mol. The lowest BCUT2D eigenvalue weighted by Crippen LogP contribution is -2.46. The van der Waals surface area contributed by atoms with Crippen LogP contribution in [0.4, 0.5) is 0 Å². The number of rotatable bonds is 4. The third-order valence-corrected chi connectivity index (χ3v) is 6.43. The second kappa shape index (κ2) is 4.59. The molecule has 0 aromatic carbocycles. The minimum absolute atomic E-state index is 0.598. The van der Waals surface area contributed by atoms with E-state index in [0.29, 0.717) is 12.0 Å². The maximum Gasteiger partial charge on any atom is 0.108 e. The van der Waals surface area contributed by atoms with Gasteiger partial charge >= 0.3 is 0 Å². The average Bonchev–Trinajstić information content (AvgIpc) is 2.75. The number of aryl methyl sites for hydroxylation is 1. The molecule has 0 unspecified atom stereocenters. The number of nitrogens with two attached hydrogens (primary N) is 1. The highest BCUT2D eigenvalue weighted by molar-refractivity contribution is 5.07. The van der Waals surface area contributed by atoms with Crippen molar-refractivity contribution in [3.63, 3.8) is 0 Å². The quantitative estimate of drug-likeness (QED) is 0.916. The van der Waals surface area contributed by atoms with Gasteiger partial charge in [-0.2, -0.15) is 0 Å². The zero-order valence-electron chi connectivity index (χ0n) is 12.6. The summed E-state index contributed by atoms with van der Waals surface area (Å²) in [5, 5.41) is 0. The zero-order valence-corrected chi connectivity index (χ0v) is 12.6. The molecular weight excluding hydrogens is 246 g/mol. The van der Waals surface area contributed by atoms with Crippen LogP contribution < -0.4 is 5.73 Å². The fraction of sp³-hybridized carbons (Fsp3) is 0.824. The lowest BCUT2D eigenvalue weighted by Gasteiger charge is -2.57. The summed E-state index contributed by atoms with van der Waals surface area (Å²) in [6, 6.07) is 0. The number of hydrogen-bond donors (Lipinski definition) is 1. The molecule has 5 rings (SSSR count). The van der Waals surface area contributed by atoms with Gasteiger partial charge in [0.05, 0.1) is 5.69 Å². The van der Waals surface area contributed by atoms with E-state index in [4.69, 9.17) is 5.73 Å². The molecule has 0 spiro atoms. The van der Waals surface area contributed by atoms with Gasteiger partial charge in [0.15, 0.2) is 0 Å². The normalized spacial score (nSPS) is 38.6. The third-order valence-electron chi connectivity index (χ3n) is 6.43. The molecule has 0 saturated heterocycles. The molecule has 3 heteroatoms. The Morgan fingerprint density at radius 3 is 2.30 bits per heavy atom. The maximum atomic E-state index is 5.75. The standard InChI is InChI=1S/C17H27N3/c1-20-15(10-18)11-19-16(20)2-3-17-7-12-4-13(8-17)6-14(5-12)9-17/h11-14H,2-10,18H2,1H3. The molecule has 3 nitrogen and oxygen atoms in total. The molecule has 2 N–H and O–H groups in total. The Morgan fingerprint density at radius 2 is 1.80 bits per heavy atom. The van der Waals surface area contributed by atoms with Crippen molar-refractivity contribution in [1.29, 1.82) is 0 Å². The average molecular weight is 273 g/mol. The number of imidazole rings is 1. The highest BCUT2D eigenvalue weighted by Gasteiger charge is 2.50. The summed E-state index contributed by atoms with van der Waals surface area (Å²) in [5.41, 5.74) is 7.57. The van der Waals surface area contributed by atoms with Crippen LogP contribution in [0, 0.1) is 23.2 Å². The molecule has 0 atom stereocenters. The van der Waals surface area contributed by atoms with Gasteiger partial charge in [0.2, 0.25) is 0 Å². The third kappa shape index (κ3) is 2.02. The Labute approximate surface area is 122 Å². The van der Waals surface area contributed by atoms with Crippen molar-refractivity contribution in [3.05, 3.63) is 17.7 Å². The number of hydrogen-bond acceptors (Lipinski definition) is 2. The minimum atomic E-state index is 0.598. The van der Waals surface area contributed by atoms with E-state index in [1.807, 2.05) is 6.20 Å². The van der Waals surface area contributed by atoms with E-state index in [1.165, 1.54) is 50.8 Å². The Balaban J connectivity index is 1.47. The molecule has 0 aliphatic heterocycles. The van der Waals surface area contributed by atoms with E-state index in [0.717, 1.165) is 29.9 Å². The molecule has 110 valence electrons. The van der Waals surface area contributed by atoms with Crippen LogP contribution in [0.25, 0.3) is 0 Å². The van der Waals surface area contributed by atoms with Crippen molar-refractivity contribution in [2.75, 3.05) is 0 Å². The molecule has 20 heavy (non-hydrogen) atoms. The molecular formula is C17H27N3. The van der Waals surface area contributed by atoms with E-state index in [2.05, 4.69) is 16.6 Å². The lowest BCUT2D eigenvalue weighted by atomic mass is 9.48. The van der Waals surface area contributed by atoms with Crippen LogP contribution >= 0.6 is 0 Å². The minimum Gasteiger partial charge on any atom is -0.334 e. The molecule has 0 radical (unpaired) electrons. The first-order valence-electron chi connectivity index (χ1n) is 8.37. The summed E-state index contributed by atoms with van der Waals surface area (Å²) < 4.78 is 2.21. The van der Waals surface area contributed by atoms with Gasteiger partial charge in [-0.25, -0.2) is 4.98 Å². The van der Waals surface area contributed by atoms with Gasteiger partial charge in [0.25, 0.3) is 0 Å². The van der Waals surface area contributed by atoms with Crippen molar-refractivity contribution in [1.82, 2.24) is 9.55 Å². The van der Waals surface area contributed by atoms with Crippen molar-refractivity contribution < 1.29 is 0 Å². The van der Waals surface area contributed by atoms with Crippen LogP contribution in [0.15, 0.2) is 6.20 Å². The van der Waals surface area contributed by atoms with Crippen molar-refractivity contribution >= 4 is 0 Å². The summed E-state index contributed by atoms with van der Waals surface area (Å²) in [7, 11) is 2.12. The van der Waals surface area contributed by atoms with Gasteiger partial charge < -0.3 is 10.3 Å². The zero-order chi connectivity index (χ0) is 13.7. The lowest BCUT2D eigenvalue weighted by molar-refractivity contribution is -0.0572. The second-order valence-electron chi connectivity index (χ2n) is 7.85. The SMILES string of the molecule is Cn1c(CN)cnc1CCC12CC3CC(CC(C3)C1)C2. The fourth-order valence-corrected chi connectivity index (χ4v) is 5.88. The molecule has 4 aliphatic rings. The second-order valence-corrected chi connectivity index (χ2v) is 7.85.